The molecule has 3 nitrogen and oxygen atoms in total. The number of carbonyl (C=O) groups excluding carboxylic acids is 1. The minimum atomic E-state index is -0.459. The van der Waals surface area contributed by atoms with Crippen LogP contribution in [0.25, 0.3) is 0 Å². The Morgan fingerprint density at radius 3 is 2.62 bits per heavy atom. The van der Waals surface area contributed by atoms with Gasteiger partial charge in [0.05, 0.1) is 13.2 Å². The molecule has 3 fully saturated rings. The van der Waals surface area contributed by atoms with E-state index in [0.717, 1.165) is 6.42 Å². The summed E-state index contributed by atoms with van der Waals surface area (Å²) in [5.74, 6) is 1.58. The van der Waals surface area contributed by atoms with Crippen LogP contribution < -0.4 is 0 Å². The first-order valence-corrected chi connectivity index (χ1v) is 6.23. The highest BCUT2D eigenvalue weighted by molar-refractivity contribution is 5.85. The number of hydrogen-bond acceptors (Lipinski definition) is 3. The summed E-state index contributed by atoms with van der Waals surface area (Å²) in [5, 5.41) is 0. The predicted octanol–water partition coefficient (Wildman–Crippen LogP) is 1.39. The van der Waals surface area contributed by atoms with E-state index < -0.39 is 5.79 Å². The van der Waals surface area contributed by atoms with E-state index in [1.54, 1.807) is 0 Å². The Hall–Kier alpha value is -0.670. The second-order valence-electron chi connectivity index (χ2n) is 5.61. The van der Waals surface area contributed by atoms with Crippen LogP contribution in [0.1, 0.15) is 13.3 Å². The van der Waals surface area contributed by atoms with Gasteiger partial charge in [-0.25, -0.2) is 0 Å². The van der Waals surface area contributed by atoms with Crippen molar-refractivity contribution in [3.63, 3.8) is 0 Å². The molecule has 1 heterocycles. The molecule has 1 spiro atoms. The number of hydrogen-bond donors (Lipinski definition) is 0. The molecule has 0 aromatic carbocycles. The van der Waals surface area contributed by atoms with E-state index >= 15 is 0 Å². The molecule has 16 heavy (non-hydrogen) atoms. The molecule has 1 saturated heterocycles. The molecule has 2 bridgehead atoms. The summed E-state index contributed by atoms with van der Waals surface area (Å²) in [6, 6.07) is 0. The number of ether oxygens (including phenoxy) is 2. The maximum Gasteiger partial charge on any atom is 0.181 e. The Balaban J connectivity index is 1.81. The first-order chi connectivity index (χ1) is 7.74. The number of fused-ring (bicyclic) bond motifs is 3. The van der Waals surface area contributed by atoms with Gasteiger partial charge in [-0.3, -0.25) is 4.79 Å². The third-order valence-electron chi connectivity index (χ3n) is 4.96. The van der Waals surface area contributed by atoms with E-state index in [1.165, 1.54) is 0 Å². The summed E-state index contributed by atoms with van der Waals surface area (Å²) in [7, 11) is 0. The summed E-state index contributed by atoms with van der Waals surface area (Å²) in [6.07, 6.45) is 5.14. The average Bonchev–Trinajstić information content (AvgIpc) is 2.98. The van der Waals surface area contributed by atoms with Gasteiger partial charge in [-0.15, -0.1) is 0 Å². The van der Waals surface area contributed by atoms with E-state index in [-0.39, 0.29) is 11.8 Å². The van der Waals surface area contributed by atoms with Crippen molar-refractivity contribution in [2.24, 2.45) is 29.6 Å². The highest BCUT2D eigenvalue weighted by atomic mass is 16.7. The Kier molecular flexibility index (Phi) is 1.62. The van der Waals surface area contributed by atoms with Crippen LogP contribution in [0.15, 0.2) is 12.2 Å². The van der Waals surface area contributed by atoms with Crippen LogP contribution in [0.5, 0.6) is 0 Å². The zero-order chi connectivity index (χ0) is 10.9. The molecule has 0 amide bonds. The molecule has 0 unspecified atom stereocenters. The lowest BCUT2D eigenvalue weighted by Gasteiger charge is -2.30. The number of Topliss-reactive ketones (excluding diaryl/α,β-unsaturated/α-hetero) is 1. The lowest BCUT2D eigenvalue weighted by atomic mass is 9.82. The summed E-state index contributed by atoms with van der Waals surface area (Å²) >= 11 is 0. The van der Waals surface area contributed by atoms with Gasteiger partial charge in [-0.2, -0.15) is 0 Å². The number of ketones is 1. The van der Waals surface area contributed by atoms with Gasteiger partial charge < -0.3 is 9.47 Å². The molecular weight excluding hydrogens is 204 g/mol. The van der Waals surface area contributed by atoms with Crippen molar-refractivity contribution in [1.82, 2.24) is 0 Å². The number of carbonyl (C=O) groups is 1. The van der Waals surface area contributed by atoms with Crippen LogP contribution in [-0.2, 0) is 14.3 Å². The van der Waals surface area contributed by atoms with Crippen LogP contribution in [0.4, 0.5) is 0 Å². The minimum Gasteiger partial charge on any atom is -0.346 e. The molecule has 0 N–H and O–H groups in total. The molecule has 4 aliphatic rings. The lowest BCUT2D eigenvalue weighted by Crippen LogP contribution is -2.39. The third kappa shape index (κ3) is 0.833. The monoisotopic (exact) mass is 220 g/mol. The Bertz CT molecular complexity index is 381. The molecule has 3 heteroatoms. The summed E-state index contributed by atoms with van der Waals surface area (Å²) in [6.45, 7) is 3.55. The fourth-order valence-corrected chi connectivity index (χ4v) is 4.50. The zero-order valence-corrected chi connectivity index (χ0v) is 9.39. The van der Waals surface area contributed by atoms with Gasteiger partial charge in [-0.05, 0) is 11.8 Å². The standard InChI is InChI=1S/C13H16O3/c1-7-6-10(14)12-9-3-2-8(11(7)12)13(9)15-4-5-16-13/h2-3,7-9,11-12H,4-6H2,1H3/t7-,8+,9+,11+,12+/m1/s1. The average molecular weight is 220 g/mol. The van der Waals surface area contributed by atoms with Gasteiger partial charge in [0.25, 0.3) is 0 Å². The smallest absolute Gasteiger partial charge is 0.181 e. The van der Waals surface area contributed by atoms with Crippen molar-refractivity contribution in [2.45, 2.75) is 19.1 Å². The van der Waals surface area contributed by atoms with Crippen LogP contribution in [-0.4, -0.2) is 24.8 Å². The van der Waals surface area contributed by atoms with E-state index in [2.05, 4.69) is 19.1 Å². The minimum absolute atomic E-state index is 0.170. The maximum atomic E-state index is 12.1. The summed E-state index contributed by atoms with van der Waals surface area (Å²) < 4.78 is 11.8. The summed E-state index contributed by atoms with van der Waals surface area (Å²) in [5.41, 5.74) is 0. The van der Waals surface area contributed by atoms with E-state index in [9.17, 15) is 4.79 Å². The van der Waals surface area contributed by atoms with E-state index in [1.807, 2.05) is 0 Å². The zero-order valence-electron chi connectivity index (χ0n) is 9.39. The van der Waals surface area contributed by atoms with Gasteiger partial charge >= 0.3 is 0 Å². The molecule has 5 atom stereocenters. The second kappa shape index (κ2) is 2.77. The SMILES string of the molecule is C[C@@H]1CC(=O)[C@H]2[C@@H]1[C@@H]1C=C[C@@H]2C12OCCO2. The van der Waals surface area contributed by atoms with Crippen molar-refractivity contribution in [1.29, 1.82) is 0 Å². The highest BCUT2D eigenvalue weighted by Gasteiger charge is 2.69. The third-order valence-corrected chi connectivity index (χ3v) is 4.96. The van der Waals surface area contributed by atoms with Crippen molar-refractivity contribution in [2.75, 3.05) is 13.2 Å². The fraction of sp³-hybridized carbons (Fsp3) is 0.769. The first-order valence-electron chi connectivity index (χ1n) is 6.23. The second-order valence-corrected chi connectivity index (χ2v) is 5.61. The topological polar surface area (TPSA) is 35.5 Å². The molecule has 4 rings (SSSR count). The molecule has 0 radical (unpaired) electrons. The van der Waals surface area contributed by atoms with Crippen molar-refractivity contribution >= 4 is 5.78 Å². The van der Waals surface area contributed by atoms with Crippen LogP contribution >= 0.6 is 0 Å². The van der Waals surface area contributed by atoms with Crippen LogP contribution in [0, 0.1) is 29.6 Å². The molecule has 0 aromatic heterocycles. The van der Waals surface area contributed by atoms with Crippen LogP contribution in [0.3, 0.4) is 0 Å². The van der Waals surface area contributed by atoms with Crippen LogP contribution in [0.2, 0.25) is 0 Å². The molecule has 86 valence electrons. The molecule has 2 saturated carbocycles. The normalized spacial score (nSPS) is 51.8. The van der Waals surface area contributed by atoms with Gasteiger partial charge in [0, 0.05) is 24.2 Å². The Morgan fingerprint density at radius 1 is 1.25 bits per heavy atom. The summed E-state index contributed by atoms with van der Waals surface area (Å²) in [4.78, 5) is 12.1. The quantitative estimate of drug-likeness (QED) is 0.579. The maximum absolute atomic E-state index is 12.1. The fourth-order valence-electron chi connectivity index (χ4n) is 4.50. The van der Waals surface area contributed by atoms with Gasteiger partial charge in [0.2, 0.25) is 0 Å². The first kappa shape index (κ1) is 9.37. The lowest BCUT2D eigenvalue weighted by molar-refractivity contribution is -0.190. The van der Waals surface area contributed by atoms with E-state index in [0.29, 0.717) is 36.8 Å². The van der Waals surface area contributed by atoms with Crippen molar-refractivity contribution in [3.8, 4) is 0 Å². The highest BCUT2D eigenvalue weighted by Crippen LogP contribution is 2.63. The molecule has 3 aliphatic carbocycles. The Labute approximate surface area is 94.8 Å². The number of rotatable bonds is 0. The van der Waals surface area contributed by atoms with Crippen molar-refractivity contribution < 1.29 is 14.3 Å². The predicted molar refractivity (Wildman–Crippen MR) is 56.5 cm³/mol. The largest absolute Gasteiger partial charge is 0.346 e. The van der Waals surface area contributed by atoms with Gasteiger partial charge in [0.1, 0.15) is 5.78 Å². The van der Waals surface area contributed by atoms with Crippen molar-refractivity contribution in [3.05, 3.63) is 12.2 Å². The van der Waals surface area contributed by atoms with Gasteiger partial charge in [0.15, 0.2) is 5.79 Å². The Morgan fingerprint density at radius 2 is 1.94 bits per heavy atom. The van der Waals surface area contributed by atoms with Gasteiger partial charge in [-0.1, -0.05) is 19.1 Å². The van der Waals surface area contributed by atoms with E-state index in [4.69, 9.17) is 9.47 Å². The molecule has 0 aromatic rings. The molecular formula is C13H16O3. The molecule has 1 aliphatic heterocycles.